The number of aromatic amines is 1. The first-order valence-electron chi connectivity index (χ1n) is 11.4. The molecule has 0 saturated heterocycles. The largest absolute Gasteiger partial charge is 0.497 e. The quantitative estimate of drug-likeness (QED) is 0.345. The molecule has 0 spiro atoms. The van der Waals surface area contributed by atoms with Gasteiger partial charge in [0.05, 0.1) is 31.7 Å². The monoisotopic (exact) mass is 499 g/mol. The van der Waals surface area contributed by atoms with Gasteiger partial charge in [0.1, 0.15) is 11.5 Å². The summed E-state index contributed by atoms with van der Waals surface area (Å²) in [6, 6.07) is 25.1. The molecule has 3 aromatic carbocycles. The average molecular weight is 500 g/mol. The number of benzene rings is 3. The lowest BCUT2D eigenvalue weighted by Gasteiger charge is -2.22. The third-order valence-corrected chi connectivity index (χ3v) is 6.76. The van der Waals surface area contributed by atoms with E-state index in [0.717, 1.165) is 33.9 Å². The van der Waals surface area contributed by atoms with Crippen LogP contribution in [0, 0.1) is 0 Å². The van der Waals surface area contributed by atoms with Crippen LogP contribution in [0.1, 0.15) is 23.6 Å². The van der Waals surface area contributed by atoms with Crippen molar-refractivity contribution in [1.29, 1.82) is 0 Å². The molecule has 5 rings (SSSR count). The molecule has 1 amide bonds. The lowest BCUT2D eigenvalue weighted by Crippen LogP contribution is -2.28. The highest BCUT2D eigenvalue weighted by Crippen LogP contribution is 2.34. The summed E-state index contributed by atoms with van der Waals surface area (Å²) in [4.78, 5) is 17.9. The molecule has 0 radical (unpaired) electrons. The third-order valence-electron chi connectivity index (χ3n) is 5.93. The molecular weight excluding hydrogens is 474 g/mol. The molecule has 36 heavy (non-hydrogen) atoms. The van der Waals surface area contributed by atoms with Gasteiger partial charge in [0.15, 0.2) is 5.82 Å². The van der Waals surface area contributed by atoms with Crippen LogP contribution < -0.4 is 9.47 Å². The summed E-state index contributed by atoms with van der Waals surface area (Å²) in [6.07, 6.45) is 0.634. The second-order valence-corrected chi connectivity index (χ2v) is 9.07. The predicted molar refractivity (Wildman–Crippen MR) is 139 cm³/mol. The standard InChI is InChI=1S/C27H25N5O3S/c1-34-21-12-8-19(9-13-21)24-16-23(18-6-4-3-5-7-18)31-32(24)25(33)17-36-27-28-26(29-30-27)20-10-14-22(35-2)15-11-20/h3-15,24H,16-17H2,1-2H3,(H,28,29,30). The van der Waals surface area contributed by atoms with Crippen LogP contribution in [0.25, 0.3) is 11.4 Å². The van der Waals surface area contributed by atoms with Crippen LogP contribution in [0.2, 0.25) is 0 Å². The topological polar surface area (TPSA) is 92.7 Å². The first-order valence-corrected chi connectivity index (χ1v) is 12.4. The van der Waals surface area contributed by atoms with Gasteiger partial charge in [0, 0.05) is 12.0 Å². The van der Waals surface area contributed by atoms with E-state index in [0.29, 0.717) is 17.4 Å². The molecule has 1 atom stereocenters. The van der Waals surface area contributed by atoms with Crippen molar-refractivity contribution < 1.29 is 14.3 Å². The minimum atomic E-state index is -0.193. The fourth-order valence-electron chi connectivity index (χ4n) is 4.01. The van der Waals surface area contributed by atoms with Gasteiger partial charge in [-0.3, -0.25) is 9.89 Å². The summed E-state index contributed by atoms with van der Waals surface area (Å²) >= 11 is 1.28. The second kappa shape index (κ2) is 10.7. The number of hydrazone groups is 1. The van der Waals surface area contributed by atoms with Gasteiger partial charge in [0.2, 0.25) is 5.16 Å². The summed E-state index contributed by atoms with van der Waals surface area (Å²) in [5.74, 6) is 2.23. The number of nitrogens with zero attached hydrogens (tertiary/aromatic N) is 4. The highest BCUT2D eigenvalue weighted by molar-refractivity contribution is 7.99. The Hall–Kier alpha value is -4.11. The molecule has 1 aliphatic heterocycles. The van der Waals surface area contributed by atoms with Gasteiger partial charge in [-0.1, -0.05) is 54.2 Å². The number of carbonyl (C=O) groups excluding carboxylic acids is 1. The van der Waals surface area contributed by atoms with Crippen LogP contribution in [0.15, 0.2) is 89.1 Å². The van der Waals surface area contributed by atoms with Crippen molar-refractivity contribution in [2.45, 2.75) is 17.6 Å². The molecule has 1 unspecified atom stereocenters. The lowest BCUT2D eigenvalue weighted by molar-refractivity contribution is -0.130. The van der Waals surface area contributed by atoms with E-state index in [-0.39, 0.29) is 17.7 Å². The smallest absolute Gasteiger partial charge is 0.253 e. The average Bonchev–Trinajstić information content (AvgIpc) is 3.60. The number of carbonyl (C=O) groups is 1. The zero-order valence-corrected chi connectivity index (χ0v) is 20.7. The van der Waals surface area contributed by atoms with Gasteiger partial charge < -0.3 is 9.47 Å². The summed E-state index contributed by atoms with van der Waals surface area (Å²) in [5, 5.41) is 14.0. The number of nitrogens with one attached hydrogen (secondary N) is 1. The Balaban J connectivity index is 1.32. The fourth-order valence-corrected chi connectivity index (χ4v) is 4.66. The first kappa shape index (κ1) is 23.6. The Morgan fingerprint density at radius 3 is 2.28 bits per heavy atom. The Morgan fingerprint density at radius 2 is 1.61 bits per heavy atom. The van der Waals surface area contributed by atoms with Gasteiger partial charge in [-0.25, -0.2) is 9.99 Å². The Labute approximate surface area is 213 Å². The fraction of sp³-hybridized carbons (Fsp3) is 0.185. The molecule has 4 aromatic rings. The highest BCUT2D eigenvalue weighted by atomic mass is 32.2. The number of ether oxygens (including phenoxy) is 2. The number of methoxy groups -OCH3 is 2. The molecule has 0 saturated carbocycles. The minimum Gasteiger partial charge on any atom is -0.497 e. The molecule has 0 fully saturated rings. The number of amides is 1. The van der Waals surface area contributed by atoms with E-state index in [2.05, 4.69) is 15.2 Å². The molecule has 8 nitrogen and oxygen atoms in total. The Bertz CT molecular complexity index is 1350. The molecule has 0 bridgehead atoms. The van der Waals surface area contributed by atoms with Gasteiger partial charge >= 0.3 is 0 Å². The molecule has 1 N–H and O–H groups in total. The van der Waals surface area contributed by atoms with Gasteiger partial charge in [-0.2, -0.15) is 5.10 Å². The van der Waals surface area contributed by atoms with Gasteiger partial charge in [0.25, 0.3) is 5.91 Å². The van der Waals surface area contributed by atoms with E-state index in [1.54, 1.807) is 19.2 Å². The van der Waals surface area contributed by atoms with Crippen molar-refractivity contribution in [2.24, 2.45) is 5.10 Å². The number of hydrogen-bond donors (Lipinski definition) is 1. The normalized spacial score (nSPS) is 15.0. The van der Waals surface area contributed by atoms with E-state index in [9.17, 15) is 4.79 Å². The lowest BCUT2D eigenvalue weighted by atomic mass is 9.98. The van der Waals surface area contributed by atoms with Crippen LogP contribution in [0.5, 0.6) is 11.5 Å². The maximum Gasteiger partial charge on any atom is 0.253 e. The van der Waals surface area contributed by atoms with Crippen LogP contribution in [0.3, 0.4) is 0 Å². The van der Waals surface area contributed by atoms with Crippen molar-refractivity contribution in [2.75, 3.05) is 20.0 Å². The molecule has 2 heterocycles. The second-order valence-electron chi connectivity index (χ2n) is 8.13. The van der Waals surface area contributed by atoms with Crippen LogP contribution in [-0.4, -0.2) is 51.8 Å². The first-order chi connectivity index (χ1) is 17.6. The zero-order valence-electron chi connectivity index (χ0n) is 19.9. The van der Waals surface area contributed by atoms with E-state index in [1.807, 2.05) is 78.9 Å². The predicted octanol–water partition coefficient (Wildman–Crippen LogP) is 4.96. The third kappa shape index (κ3) is 5.11. The molecule has 9 heteroatoms. The zero-order chi connectivity index (χ0) is 24.9. The van der Waals surface area contributed by atoms with Crippen LogP contribution in [-0.2, 0) is 4.79 Å². The summed E-state index contributed by atoms with van der Waals surface area (Å²) in [6.45, 7) is 0. The van der Waals surface area contributed by atoms with Crippen molar-refractivity contribution in [3.63, 3.8) is 0 Å². The number of rotatable bonds is 8. The minimum absolute atomic E-state index is 0.109. The number of hydrogen-bond acceptors (Lipinski definition) is 7. The van der Waals surface area contributed by atoms with E-state index >= 15 is 0 Å². The number of H-pyrrole nitrogens is 1. The SMILES string of the molecule is COc1ccc(-c2nc(SCC(=O)N3N=C(c4ccccc4)CC3c3ccc(OC)cc3)n[nH]2)cc1. The van der Waals surface area contributed by atoms with E-state index < -0.39 is 0 Å². The van der Waals surface area contributed by atoms with E-state index in [1.165, 1.54) is 11.8 Å². The summed E-state index contributed by atoms with van der Waals surface area (Å²) in [7, 11) is 3.26. The maximum absolute atomic E-state index is 13.3. The maximum atomic E-state index is 13.3. The molecule has 1 aliphatic rings. The molecule has 1 aromatic heterocycles. The summed E-state index contributed by atoms with van der Waals surface area (Å²) in [5.41, 5.74) is 3.78. The van der Waals surface area contributed by atoms with Crippen molar-refractivity contribution >= 4 is 23.4 Å². The van der Waals surface area contributed by atoms with Gasteiger partial charge in [-0.05, 0) is 47.5 Å². The molecule has 0 aliphatic carbocycles. The molecule has 182 valence electrons. The van der Waals surface area contributed by atoms with E-state index in [4.69, 9.17) is 14.6 Å². The Morgan fingerprint density at radius 1 is 0.944 bits per heavy atom. The van der Waals surface area contributed by atoms with Crippen molar-refractivity contribution in [1.82, 2.24) is 20.2 Å². The van der Waals surface area contributed by atoms with Crippen LogP contribution >= 0.6 is 11.8 Å². The van der Waals surface area contributed by atoms with Crippen molar-refractivity contribution in [3.8, 4) is 22.9 Å². The number of aromatic nitrogens is 3. The molecular formula is C27H25N5O3S. The highest BCUT2D eigenvalue weighted by Gasteiger charge is 2.33. The van der Waals surface area contributed by atoms with Gasteiger partial charge in [-0.15, -0.1) is 5.10 Å². The number of thioether (sulfide) groups is 1. The van der Waals surface area contributed by atoms with Crippen LogP contribution in [0.4, 0.5) is 0 Å². The summed E-state index contributed by atoms with van der Waals surface area (Å²) < 4.78 is 10.5. The Kier molecular flexibility index (Phi) is 6.99. The van der Waals surface area contributed by atoms with Crippen molar-refractivity contribution in [3.05, 3.63) is 90.0 Å².